The van der Waals surface area contributed by atoms with Crippen molar-refractivity contribution in [1.29, 1.82) is 0 Å². The predicted molar refractivity (Wildman–Crippen MR) is 100 cm³/mol. The SMILES string of the molecule is CC(C)(C)OC(=O)NCCC/N=C\c1ccc(C#C[Si](C)(C)C)o1. The Hall–Kier alpha value is -2.00. The molecule has 0 aliphatic rings. The summed E-state index contributed by atoms with van der Waals surface area (Å²) in [6.07, 6.45) is 2.02. The highest BCUT2D eigenvalue weighted by Gasteiger charge is 2.15. The lowest BCUT2D eigenvalue weighted by atomic mass is 10.2. The van der Waals surface area contributed by atoms with Crippen molar-refractivity contribution in [2.45, 2.75) is 52.4 Å². The van der Waals surface area contributed by atoms with Gasteiger partial charge in [-0.1, -0.05) is 19.6 Å². The Morgan fingerprint density at radius 1 is 1.38 bits per heavy atom. The van der Waals surface area contributed by atoms with E-state index in [9.17, 15) is 4.79 Å². The van der Waals surface area contributed by atoms with Crippen LogP contribution in [0.1, 0.15) is 38.7 Å². The first kappa shape index (κ1) is 20.0. The Kier molecular flexibility index (Phi) is 7.30. The van der Waals surface area contributed by atoms with Crippen molar-refractivity contribution >= 4 is 20.4 Å². The number of carbonyl (C=O) groups excluding carboxylic acids is 1. The highest BCUT2D eigenvalue weighted by Crippen LogP contribution is 2.07. The van der Waals surface area contributed by atoms with E-state index in [-0.39, 0.29) is 0 Å². The third-order valence-electron chi connectivity index (χ3n) is 2.54. The van der Waals surface area contributed by atoms with Gasteiger partial charge in [0.2, 0.25) is 0 Å². The van der Waals surface area contributed by atoms with Crippen molar-refractivity contribution in [3.8, 4) is 11.5 Å². The fourth-order valence-electron chi connectivity index (χ4n) is 1.57. The standard InChI is InChI=1S/C18H28N2O3Si/c1-18(2,3)23-17(21)20-12-7-11-19-14-16-9-8-15(22-16)10-13-24(4,5)6/h8-9,14H,7,11-12H2,1-6H3,(H,20,21)/b19-14-. The monoisotopic (exact) mass is 348 g/mol. The molecule has 5 nitrogen and oxygen atoms in total. The van der Waals surface area contributed by atoms with Gasteiger partial charge >= 0.3 is 6.09 Å². The zero-order valence-electron chi connectivity index (χ0n) is 15.5. The zero-order chi connectivity index (χ0) is 18.2. The average Bonchev–Trinajstić information content (AvgIpc) is 2.85. The molecule has 1 N–H and O–H groups in total. The van der Waals surface area contributed by atoms with E-state index in [0.29, 0.717) is 24.6 Å². The summed E-state index contributed by atoms with van der Waals surface area (Å²) in [4.78, 5) is 15.7. The highest BCUT2D eigenvalue weighted by atomic mass is 28.3. The number of ether oxygens (including phenoxy) is 1. The molecular formula is C18H28N2O3Si. The second-order valence-electron chi connectivity index (χ2n) is 7.52. The van der Waals surface area contributed by atoms with E-state index >= 15 is 0 Å². The quantitative estimate of drug-likeness (QED) is 0.380. The van der Waals surface area contributed by atoms with Crippen LogP contribution in [-0.2, 0) is 4.74 Å². The van der Waals surface area contributed by atoms with E-state index in [2.05, 4.69) is 41.4 Å². The van der Waals surface area contributed by atoms with Gasteiger partial charge in [0.15, 0.2) is 5.76 Å². The van der Waals surface area contributed by atoms with Crippen molar-refractivity contribution in [3.63, 3.8) is 0 Å². The van der Waals surface area contributed by atoms with Gasteiger partial charge in [-0.15, -0.1) is 5.54 Å². The summed E-state index contributed by atoms with van der Waals surface area (Å²) in [6.45, 7) is 13.2. The van der Waals surface area contributed by atoms with Crippen molar-refractivity contribution in [3.05, 3.63) is 23.7 Å². The maximum absolute atomic E-state index is 11.5. The van der Waals surface area contributed by atoms with Gasteiger partial charge in [0.1, 0.15) is 19.4 Å². The average molecular weight is 349 g/mol. The van der Waals surface area contributed by atoms with Crippen LogP contribution in [0.25, 0.3) is 0 Å². The second kappa shape index (κ2) is 8.74. The number of hydrogen-bond acceptors (Lipinski definition) is 4. The molecule has 132 valence electrons. The van der Waals surface area contributed by atoms with E-state index in [1.807, 2.05) is 32.9 Å². The molecule has 1 heterocycles. The topological polar surface area (TPSA) is 63.8 Å². The van der Waals surface area contributed by atoms with Crippen molar-refractivity contribution in [2.75, 3.05) is 13.1 Å². The van der Waals surface area contributed by atoms with Crippen molar-refractivity contribution < 1.29 is 13.9 Å². The molecule has 24 heavy (non-hydrogen) atoms. The van der Waals surface area contributed by atoms with Crippen molar-refractivity contribution in [2.24, 2.45) is 4.99 Å². The minimum atomic E-state index is -1.40. The summed E-state index contributed by atoms with van der Waals surface area (Å²) in [7, 11) is -1.40. The molecule has 0 radical (unpaired) electrons. The number of nitrogens with one attached hydrogen (secondary N) is 1. The molecule has 1 aromatic rings. The number of nitrogens with zero attached hydrogens (tertiary/aromatic N) is 1. The Morgan fingerprint density at radius 2 is 2.08 bits per heavy atom. The lowest BCUT2D eigenvalue weighted by Gasteiger charge is -2.19. The van der Waals surface area contributed by atoms with Gasteiger partial charge in [-0.2, -0.15) is 0 Å². The first-order valence-electron chi connectivity index (χ1n) is 8.15. The van der Waals surface area contributed by atoms with E-state index in [4.69, 9.17) is 9.15 Å². The molecule has 0 aromatic carbocycles. The summed E-state index contributed by atoms with van der Waals surface area (Å²) in [5.74, 6) is 4.43. The zero-order valence-corrected chi connectivity index (χ0v) is 16.5. The van der Waals surface area contributed by atoms with Crippen LogP contribution >= 0.6 is 0 Å². The van der Waals surface area contributed by atoms with E-state index in [1.165, 1.54) is 0 Å². The Balaban J connectivity index is 2.30. The molecule has 0 saturated carbocycles. The van der Waals surface area contributed by atoms with Gasteiger partial charge in [-0.25, -0.2) is 4.79 Å². The van der Waals surface area contributed by atoms with Crippen LogP contribution in [0.15, 0.2) is 21.5 Å². The summed E-state index contributed by atoms with van der Waals surface area (Å²) in [5, 5.41) is 2.70. The Morgan fingerprint density at radius 3 is 2.71 bits per heavy atom. The third kappa shape index (κ3) is 9.90. The number of alkyl carbamates (subject to hydrolysis) is 1. The Labute approximate surface area is 145 Å². The van der Waals surface area contributed by atoms with Crippen LogP contribution in [0.5, 0.6) is 0 Å². The fourth-order valence-corrected chi connectivity index (χ4v) is 2.07. The van der Waals surface area contributed by atoms with Crippen LogP contribution in [0.2, 0.25) is 19.6 Å². The lowest BCUT2D eigenvalue weighted by Crippen LogP contribution is -2.33. The van der Waals surface area contributed by atoms with Crippen molar-refractivity contribution in [1.82, 2.24) is 5.32 Å². The number of aliphatic imine (C=N–C) groups is 1. The molecule has 0 aliphatic heterocycles. The minimum absolute atomic E-state index is 0.400. The van der Waals surface area contributed by atoms with Gasteiger partial charge in [0, 0.05) is 13.1 Å². The third-order valence-corrected chi connectivity index (χ3v) is 3.41. The summed E-state index contributed by atoms with van der Waals surface area (Å²) in [5.41, 5.74) is 2.79. The van der Waals surface area contributed by atoms with Crippen LogP contribution in [0.3, 0.4) is 0 Å². The molecule has 0 atom stereocenters. The highest BCUT2D eigenvalue weighted by molar-refractivity contribution is 6.83. The lowest BCUT2D eigenvalue weighted by molar-refractivity contribution is 0.0527. The fraction of sp³-hybridized carbons (Fsp3) is 0.556. The molecule has 0 fully saturated rings. The Bertz CT molecular complexity index is 625. The van der Waals surface area contributed by atoms with Gasteiger partial charge in [-0.3, -0.25) is 4.99 Å². The smallest absolute Gasteiger partial charge is 0.407 e. The van der Waals surface area contributed by atoms with Crippen LogP contribution < -0.4 is 5.32 Å². The molecular weight excluding hydrogens is 320 g/mol. The number of rotatable bonds is 5. The van der Waals surface area contributed by atoms with Crippen LogP contribution in [0, 0.1) is 11.5 Å². The molecule has 0 saturated heterocycles. The molecule has 0 unspecified atom stereocenters. The van der Waals surface area contributed by atoms with Crippen LogP contribution in [0.4, 0.5) is 4.79 Å². The summed E-state index contributed by atoms with van der Waals surface area (Å²) in [6, 6.07) is 3.72. The second-order valence-corrected chi connectivity index (χ2v) is 12.3. The number of carbonyl (C=O) groups is 1. The first-order valence-corrected chi connectivity index (χ1v) is 11.6. The molecule has 6 heteroatoms. The maximum Gasteiger partial charge on any atom is 0.407 e. The van der Waals surface area contributed by atoms with Gasteiger partial charge < -0.3 is 14.5 Å². The summed E-state index contributed by atoms with van der Waals surface area (Å²) >= 11 is 0. The van der Waals surface area contributed by atoms with Crippen LogP contribution in [-0.4, -0.2) is 39.1 Å². The summed E-state index contributed by atoms with van der Waals surface area (Å²) < 4.78 is 10.7. The molecule has 1 aromatic heterocycles. The van der Waals surface area contributed by atoms with E-state index in [0.717, 1.165) is 6.42 Å². The molecule has 1 rings (SSSR count). The molecule has 0 bridgehead atoms. The molecule has 1 amide bonds. The first-order chi connectivity index (χ1) is 11.1. The number of hydrogen-bond donors (Lipinski definition) is 1. The minimum Gasteiger partial charge on any atom is -0.447 e. The van der Waals surface area contributed by atoms with Gasteiger partial charge in [-0.05, 0) is 45.2 Å². The largest absolute Gasteiger partial charge is 0.447 e. The van der Waals surface area contributed by atoms with Gasteiger partial charge in [0.05, 0.1) is 6.21 Å². The van der Waals surface area contributed by atoms with E-state index < -0.39 is 19.8 Å². The predicted octanol–water partition coefficient (Wildman–Crippen LogP) is 3.84. The maximum atomic E-state index is 11.5. The number of amides is 1. The normalized spacial score (nSPS) is 11.9. The molecule has 0 spiro atoms. The molecule has 0 aliphatic carbocycles. The number of furan rings is 1. The van der Waals surface area contributed by atoms with E-state index in [1.54, 1.807) is 6.21 Å². The van der Waals surface area contributed by atoms with Gasteiger partial charge in [0.25, 0.3) is 0 Å².